The third kappa shape index (κ3) is 4.23. The number of benzene rings is 1. The number of piperazine rings is 2. The van der Waals surface area contributed by atoms with Gasteiger partial charge in [-0.05, 0) is 31.3 Å². The Labute approximate surface area is 171 Å². The third-order valence-corrected chi connectivity index (χ3v) is 5.81. The first kappa shape index (κ1) is 19.0. The summed E-state index contributed by atoms with van der Waals surface area (Å²) in [5.74, 6) is 0.0833. The molecule has 2 saturated heterocycles. The Morgan fingerprint density at radius 2 is 1.57 bits per heavy atom. The summed E-state index contributed by atoms with van der Waals surface area (Å²) in [4.78, 5) is 26.0. The van der Waals surface area contributed by atoms with E-state index in [0.717, 1.165) is 68.8 Å². The van der Waals surface area contributed by atoms with Gasteiger partial charge in [0.1, 0.15) is 0 Å². The van der Waals surface area contributed by atoms with E-state index in [-0.39, 0.29) is 5.91 Å². The number of pyridine rings is 1. The lowest BCUT2D eigenvalue weighted by Gasteiger charge is -2.37. The SMILES string of the molecule is CN1CCN(C(=O)c2cncc(N3CCN(c4cccc(Cl)c4)CC3)c2)CC1. The lowest BCUT2D eigenvalue weighted by Crippen LogP contribution is -2.47. The molecule has 0 atom stereocenters. The fourth-order valence-corrected chi connectivity index (χ4v) is 3.99. The molecular weight excluding hydrogens is 374 g/mol. The van der Waals surface area contributed by atoms with Gasteiger partial charge in [0.15, 0.2) is 0 Å². The molecule has 3 heterocycles. The smallest absolute Gasteiger partial charge is 0.255 e. The zero-order valence-corrected chi connectivity index (χ0v) is 17.0. The first-order valence-electron chi connectivity index (χ1n) is 9.78. The molecule has 1 amide bonds. The lowest BCUT2D eigenvalue weighted by molar-refractivity contribution is 0.0663. The minimum absolute atomic E-state index is 0.0833. The Bertz CT molecular complexity index is 829. The summed E-state index contributed by atoms with van der Waals surface area (Å²) in [6.45, 7) is 7.00. The largest absolute Gasteiger partial charge is 0.368 e. The molecule has 2 aliphatic heterocycles. The van der Waals surface area contributed by atoms with Gasteiger partial charge in [0.2, 0.25) is 0 Å². The standard InChI is InChI=1S/C21H26ClN5O/c1-24-5-7-27(8-6-24)21(28)17-13-20(16-23-15-17)26-11-9-25(10-12-26)19-4-2-3-18(22)14-19/h2-4,13-16H,5-12H2,1H3. The number of rotatable bonds is 3. The first-order chi connectivity index (χ1) is 13.6. The maximum Gasteiger partial charge on any atom is 0.255 e. The summed E-state index contributed by atoms with van der Waals surface area (Å²) in [5, 5.41) is 0.763. The molecule has 0 saturated carbocycles. The lowest BCUT2D eigenvalue weighted by atomic mass is 10.2. The van der Waals surface area contributed by atoms with Crippen LogP contribution in [0.3, 0.4) is 0 Å². The average Bonchev–Trinajstić information content (AvgIpc) is 2.74. The number of aromatic nitrogens is 1. The molecule has 0 radical (unpaired) electrons. The molecule has 0 unspecified atom stereocenters. The van der Waals surface area contributed by atoms with Gasteiger partial charge >= 0.3 is 0 Å². The zero-order chi connectivity index (χ0) is 19.5. The number of hydrogen-bond acceptors (Lipinski definition) is 5. The second-order valence-electron chi connectivity index (χ2n) is 7.48. The van der Waals surface area contributed by atoms with Crippen molar-refractivity contribution in [3.05, 3.63) is 53.3 Å². The van der Waals surface area contributed by atoms with E-state index in [1.54, 1.807) is 6.20 Å². The summed E-state index contributed by atoms with van der Waals surface area (Å²) in [5.41, 5.74) is 2.86. The van der Waals surface area contributed by atoms with Crippen LogP contribution in [0.5, 0.6) is 0 Å². The van der Waals surface area contributed by atoms with E-state index in [0.29, 0.717) is 5.56 Å². The Kier molecular flexibility index (Phi) is 5.69. The molecule has 0 spiro atoms. The van der Waals surface area contributed by atoms with Gasteiger partial charge in [-0.2, -0.15) is 0 Å². The predicted octanol–water partition coefficient (Wildman–Crippen LogP) is 2.45. The molecule has 7 heteroatoms. The minimum atomic E-state index is 0.0833. The van der Waals surface area contributed by atoms with Crippen molar-refractivity contribution in [2.24, 2.45) is 0 Å². The van der Waals surface area contributed by atoms with Crippen molar-refractivity contribution in [2.75, 3.05) is 69.2 Å². The summed E-state index contributed by atoms with van der Waals surface area (Å²) in [6, 6.07) is 9.98. The number of likely N-dealkylation sites (N-methyl/N-ethyl adjacent to an activating group) is 1. The number of carbonyl (C=O) groups is 1. The molecule has 1 aromatic carbocycles. The highest BCUT2D eigenvalue weighted by Crippen LogP contribution is 2.23. The van der Waals surface area contributed by atoms with Crippen LogP contribution in [0.1, 0.15) is 10.4 Å². The number of carbonyl (C=O) groups excluding carboxylic acids is 1. The van der Waals surface area contributed by atoms with Crippen LogP contribution < -0.4 is 9.80 Å². The first-order valence-corrected chi connectivity index (χ1v) is 10.2. The fraction of sp³-hybridized carbons (Fsp3) is 0.429. The van der Waals surface area contributed by atoms with Crippen LogP contribution in [0.25, 0.3) is 0 Å². The van der Waals surface area contributed by atoms with Gasteiger partial charge in [0, 0.05) is 69.3 Å². The van der Waals surface area contributed by atoms with Gasteiger partial charge in [-0.1, -0.05) is 17.7 Å². The third-order valence-electron chi connectivity index (χ3n) is 5.58. The monoisotopic (exact) mass is 399 g/mol. The summed E-state index contributed by atoms with van der Waals surface area (Å²) >= 11 is 6.12. The van der Waals surface area contributed by atoms with Crippen LogP contribution in [-0.4, -0.2) is 80.1 Å². The van der Waals surface area contributed by atoms with E-state index in [2.05, 4.69) is 32.8 Å². The molecule has 2 fully saturated rings. The number of halogens is 1. The Morgan fingerprint density at radius 3 is 2.25 bits per heavy atom. The molecule has 2 aliphatic rings. The molecule has 148 valence electrons. The van der Waals surface area contributed by atoms with Gasteiger partial charge in [-0.25, -0.2) is 0 Å². The number of amides is 1. The molecule has 1 aromatic heterocycles. The van der Waals surface area contributed by atoms with E-state index < -0.39 is 0 Å². The molecule has 6 nitrogen and oxygen atoms in total. The van der Waals surface area contributed by atoms with E-state index in [9.17, 15) is 4.79 Å². The number of nitrogens with zero attached hydrogens (tertiary/aromatic N) is 5. The summed E-state index contributed by atoms with van der Waals surface area (Å²) in [7, 11) is 2.09. The van der Waals surface area contributed by atoms with Crippen molar-refractivity contribution >= 4 is 28.9 Å². The summed E-state index contributed by atoms with van der Waals surface area (Å²) in [6.07, 6.45) is 3.54. The van der Waals surface area contributed by atoms with Gasteiger partial charge in [-0.15, -0.1) is 0 Å². The molecule has 0 aliphatic carbocycles. The minimum Gasteiger partial charge on any atom is -0.368 e. The maximum absolute atomic E-state index is 12.8. The molecule has 0 N–H and O–H groups in total. The van der Waals surface area contributed by atoms with Crippen LogP contribution >= 0.6 is 11.6 Å². The predicted molar refractivity (Wildman–Crippen MR) is 114 cm³/mol. The van der Waals surface area contributed by atoms with E-state index >= 15 is 0 Å². The molecule has 2 aromatic rings. The molecule has 28 heavy (non-hydrogen) atoms. The topological polar surface area (TPSA) is 42.9 Å². The van der Waals surface area contributed by atoms with Crippen LogP contribution in [-0.2, 0) is 0 Å². The van der Waals surface area contributed by atoms with Crippen molar-refractivity contribution in [3.63, 3.8) is 0 Å². The van der Waals surface area contributed by atoms with Crippen LogP contribution in [0.4, 0.5) is 11.4 Å². The van der Waals surface area contributed by atoms with Crippen molar-refractivity contribution in [3.8, 4) is 0 Å². The maximum atomic E-state index is 12.8. The van der Waals surface area contributed by atoms with Crippen molar-refractivity contribution in [2.45, 2.75) is 0 Å². The second-order valence-corrected chi connectivity index (χ2v) is 7.92. The van der Waals surface area contributed by atoms with Crippen molar-refractivity contribution in [1.82, 2.24) is 14.8 Å². The van der Waals surface area contributed by atoms with E-state index in [1.165, 1.54) is 0 Å². The van der Waals surface area contributed by atoms with Crippen molar-refractivity contribution in [1.29, 1.82) is 0 Å². The highest BCUT2D eigenvalue weighted by molar-refractivity contribution is 6.30. The van der Waals surface area contributed by atoms with E-state index in [1.807, 2.05) is 35.4 Å². The fourth-order valence-electron chi connectivity index (χ4n) is 3.81. The van der Waals surface area contributed by atoms with Crippen molar-refractivity contribution < 1.29 is 4.79 Å². The molecule has 4 rings (SSSR count). The molecular formula is C21H26ClN5O. The Hall–Kier alpha value is -2.31. The summed E-state index contributed by atoms with van der Waals surface area (Å²) < 4.78 is 0. The second kappa shape index (κ2) is 8.37. The highest BCUT2D eigenvalue weighted by atomic mass is 35.5. The van der Waals surface area contributed by atoms with Crippen LogP contribution in [0.2, 0.25) is 5.02 Å². The highest BCUT2D eigenvalue weighted by Gasteiger charge is 2.23. The quantitative estimate of drug-likeness (QED) is 0.793. The number of anilines is 2. The zero-order valence-electron chi connectivity index (χ0n) is 16.2. The van der Waals surface area contributed by atoms with E-state index in [4.69, 9.17) is 11.6 Å². The van der Waals surface area contributed by atoms with Gasteiger partial charge < -0.3 is 19.6 Å². The Morgan fingerprint density at radius 1 is 0.893 bits per heavy atom. The van der Waals surface area contributed by atoms with Crippen LogP contribution in [0, 0.1) is 0 Å². The number of hydrogen-bond donors (Lipinski definition) is 0. The Balaban J connectivity index is 1.40. The normalized spacial score (nSPS) is 18.4. The van der Waals surface area contributed by atoms with Gasteiger partial charge in [0.25, 0.3) is 5.91 Å². The van der Waals surface area contributed by atoms with Crippen LogP contribution in [0.15, 0.2) is 42.7 Å². The van der Waals surface area contributed by atoms with Gasteiger partial charge in [0.05, 0.1) is 17.4 Å². The van der Waals surface area contributed by atoms with Gasteiger partial charge in [-0.3, -0.25) is 9.78 Å². The average molecular weight is 400 g/mol. The molecule has 0 bridgehead atoms.